The lowest BCUT2D eigenvalue weighted by atomic mass is 10.1. The molecule has 1 aromatic rings. The molecule has 17 heavy (non-hydrogen) atoms. The quantitative estimate of drug-likeness (QED) is 0.632. The maximum absolute atomic E-state index is 10.4. The molecule has 0 atom stereocenters. The highest BCUT2D eigenvalue weighted by molar-refractivity contribution is 5.67. The molecular weight excluding hydrogens is 218 g/mol. The zero-order valence-corrected chi connectivity index (χ0v) is 9.50. The Labute approximate surface area is 99.9 Å². The summed E-state index contributed by atoms with van der Waals surface area (Å²) >= 11 is 0. The molecule has 5 heteroatoms. The van der Waals surface area contributed by atoms with E-state index >= 15 is 0 Å². The molecule has 1 aliphatic heterocycles. The molecule has 0 bridgehead atoms. The number of piperazine rings is 1. The van der Waals surface area contributed by atoms with Crippen LogP contribution in [-0.2, 0) is 0 Å². The van der Waals surface area contributed by atoms with Crippen LogP contribution in [0.15, 0.2) is 30.5 Å². The molecule has 0 amide bonds. The van der Waals surface area contributed by atoms with Gasteiger partial charge in [-0.3, -0.25) is 10.1 Å². The van der Waals surface area contributed by atoms with Crippen molar-refractivity contribution in [1.82, 2.24) is 5.32 Å². The van der Waals surface area contributed by atoms with Gasteiger partial charge in [-0.05, 0) is 6.07 Å². The molecule has 1 heterocycles. The van der Waals surface area contributed by atoms with Gasteiger partial charge in [0, 0.05) is 43.5 Å². The van der Waals surface area contributed by atoms with Crippen LogP contribution in [0, 0.1) is 10.1 Å². The highest BCUT2D eigenvalue weighted by Crippen LogP contribution is 2.21. The van der Waals surface area contributed by atoms with Crippen molar-refractivity contribution in [2.24, 2.45) is 0 Å². The topological polar surface area (TPSA) is 58.4 Å². The Morgan fingerprint density at radius 1 is 1.29 bits per heavy atom. The molecule has 0 saturated carbocycles. The summed E-state index contributed by atoms with van der Waals surface area (Å²) in [5, 5.41) is 13.6. The molecule has 90 valence electrons. The molecule has 1 saturated heterocycles. The summed E-state index contributed by atoms with van der Waals surface area (Å²) in [6, 6.07) is 7.76. The fourth-order valence-corrected chi connectivity index (χ4v) is 1.96. The molecule has 5 nitrogen and oxygen atoms in total. The molecule has 0 spiro atoms. The van der Waals surface area contributed by atoms with E-state index in [0.29, 0.717) is 0 Å². The Hall–Kier alpha value is -1.88. The van der Waals surface area contributed by atoms with Crippen LogP contribution < -0.4 is 10.2 Å². The summed E-state index contributed by atoms with van der Waals surface area (Å²) in [7, 11) is 0. The first kappa shape index (κ1) is 11.6. The van der Waals surface area contributed by atoms with Crippen molar-refractivity contribution in [3.63, 3.8) is 0 Å². The smallest absolute Gasteiger partial charge is 0.235 e. The second-order valence-electron chi connectivity index (χ2n) is 3.90. The van der Waals surface area contributed by atoms with Gasteiger partial charge in [-0.15, -0.1) is 0 Å². The SMILES string of the molecule is O=[N+]([O-])C=Cc1ccccc1N1CCNCC1. The van der Waals surface area contributed by atoms with Crippen LogP contribution in [0.4, 0.5) is 5.69 Å². The summed E-state index contributed by atoms with van der Waals surface area (Å²) in [5.74, 6) is 0. The van der Waals surface area contributed by atoms with Crippen molar-refractivity contribution in [3.8, 4) is 0 Å². The number of para-hydroxylation sites is 1. The highest BCUT2D eigenvalue weighted by atomic mass is 16.6. The average Bonchev–Trinajstić information content (AvgIpc) is 2.38. The average molecular weight is 233 g/mol. The number of nitrogens with zero attached hydrogens (tertiary/aromatic N) is 2. The van der Waals surface area contributed by atoms with Crippen LogP contribution in [0.2, 0.25) is 0 Å². The van der Waals surface area contributed by atoms with Crippen LogP contribution in [0.25, 0.3) is 6.08 Å². The van der Waals surface area contributed by atoms with Gasteiger partial charge in [-0.25, -0.2) is 0 Å². The van der Waals surface area contributed by atoms with Crippen molar-refractivity contribution in [3.05, 3.63) is 46.1 Å². The van der Waals surface area contributed by atoms with Gasteiger partial charge >= 0.3 is 0 Å². The summed E-state index contributed by atoms with van der Waals surface area (Å²) < 4.78 is 0. The lowest BCUT2D eigenvalue weighted by Gasteiger charge is -2.30. The van der Waals surface area contributed by atoms with Gasteiger partial charge in [0.25, 0.3) is 0 Å². The standard InChI is InChI=1S/C12H15N3O2/c16-15(17)8-5-11-3-1-2-4-12(11)14-9-6-13-7-10-14/h1-5,8,13H,6-7,9-10H2. The van der Waals surface area contributed by atoms with Gasteiger partial charge < -0.3 is 10.2 Å². The van der Waals surface area contributed by atoms with E-state index in [9.17, 15) is 10.1 Å². The van der Waals surface area contributed by atoms with Gasteiger partial charge in [0.2, 0.25) is 6.20 Å². The second-order valence-corrected chi connectivity index (χ2v) is 3.90. The minimum atomic E-state index is -0.436. The van der Waals surface area contributed by atoms with E-state index in [1.165, 1.54) is 0 Å². The van der Waals surface area contributed by atoms with E-state index < -0.39 is 4.92 Å². The summed E-state index contributed by atoms with van der Waals surface area (Å²) in [6.45, 7) is 3.77. The highest BCUT2D eigenvalue weighted by Gasteiger charge is 2.12. The van der Waals surface area contributed by atoms with Gasteiger partial charge in [-0.2, -0.15) is 0 Å². The zero-order valence-electron chi connectivity index (χ0n) is 9.50. The number of hydrogen-bond donors (Lipinski definition) is 1. The third-order valence-electron chi connectivity index (χ3n) is 2.77. The lowest BCUT2D eigenvalue weighted by molar-refractivity contribution is -0.400. The van der Waals surface area contributed by atoms with Crippen molar-refractivity contribution in [1.29, 1.82) is 0 Å². The summed E-state index contributed by atoms with van der Waals surface area (Å²) in [5.41, 5.74) is 1.96. The number of anilines is 1. The van der Waals surface area contributed by atoms with Gasteiger partial charge in [0.1, 0.15) is 0 Å². The Morgan fingerprint density at radius 3 is 2.71 bits per heavy atom. The predicted molar refractivity (Wildman–Crippen MR) is 67.6 cm³/mol. The number of rotatable bonds is 3. The maximum Gasteiger partial charge on any atom is 0.235 e. The number of benzene rings is 1. The van der Waals surface area contributed by atoms with E-state index in [-0.39, 0.29) is 0 Å². The summed E-state index contributed by atoms with van der Waals surface area (Å²) in [6.07, 6.45) is 2.54. The maximum atomic E-state index is 10.4. The van der Waals surface area contributed by atoms with Gasteiger partial charge in [0.05, 0.1) is 4.92 Å². The molecule has 2 rings (SSSR count). The Morgan fingerprint density at radius 2 is 2.00 bits per heavy atom. The van der Waals surface area contributed by atoms with Crippen LogP contribution in [0.5, 0.6) is 0 Å². The molecule has 1 aliphatic rings. The van der Waals surface area contributed by atoms with Gasteiger partial charge in [-0.1, -0.05) is 18.2 Å². The first-order chi connectivity index (χ1) is 8.27. The number of nitro groups is 1. The normalized spacial score (nSPS) is 16.4. The Balaban J connectivity index is 2.23. The number of nitrogens with one attached hydrogen (secondary N) is 1. The molecule has 0 aliphatic carbocycles. The monoisotopic (exact) mass is 233 g/mol. The Kier molecular flexibility index (Phi) is 3.72. The molecule has 1 aromatic carbocycles. The van der Waals surface area contributed by atoms with Crippen molar-refractivity contribution in [2.45, 2.75) is 0 Å². The van der Waals surface area contributed by atoms with Crippen molar-refractivity contribution < 1.29 is 4.92 Å². The predicted octanol–water partition coefficient (Wildman–Crippen LogP) is 1.34. The van der Waals surface area contributed by atoms with Crippen LogP contribution in [-0.4, -0.2) is 31.1 Å². The fourth-order valence-electron chi connectivity index (χ4n) is 1.96. The molecule has 1 N–H and O–H groups in total. The van der Waals surface area contributed by atoms with Crippen LogP contribution in [0.1, 0.15) is 5.56 Å². The molecule has 1 fully saturated rings. The third kappa shape index (κ3) is 3.04. The Bertz CT molecular complexity index is 426. The minimum Gasteiger partial charge on any atom is -0.368 e. The van der Waals surface area contributed by atoms with Crippen molar-refractivity contribution >= 4 is 11.8 Å². The molecule has 0 aromatic heterocycles. The van der Waals surface area contributed by atoms with E-state index in [1.54, 1.807) is 6.08 Å². The third-order valence-corrected chi connectivity index (χ3v) is 2.77. The van der Waals surface area contributed by atoms with E-state index in [1.807, 2.05) is 24.3 Å². The molecule has 0 unspecified atom stereocenters. The lowest BCUT2D eigenvalue weighted by Crippen LogP contribution is -2.43. The largest absolute Gasteiger partial charge is 0.368 e. The zero-order chi connectivity index (χ0) is 12.1. The van der Waals surface area contributed by atoms with E-state index in [2.05, 4.69) is 10.2 Å². The van der Waals surface area contributed by atoms with Gasteiger partial charge in [0.15, 0.2) is 0 Å². The second kappa shape index (κ2) is 5.45. The first-order valence-electron chi connectivity index (χ1n) is 5.64. The van der Waals surface area contributed by atoms with E-state index in [4.69, 9.17) is 0 Å². The first-order valence-corrected chi connectivity index (χ1v) is 5.64. The van der Waals surface area contributed by atoms with Crippen LogP contribution >= 0.6 is 0 Å². The van der Waals surface area contributed by atoms with Crippen molar-refractivity contribution in [2.75, 3.05) is 31.1 Å². The molecular formula is C12H15N3O2. The van der Waals surface area contributed by atoms with Crippen LogP contribution in [0.3, 0.4) is 0 Å². The molecule has 0 radical (unpaired) electrons. The number of hydrogen-bond acceptors (Lipinski definition) is 4. The summed E-state index contributed by atoms with van der Waals surface area (Å²) in [4.78, 5) is 12.2. The van der Waals surface area contributed by atoms with E-state index in [0.717, 1.165) is 43.6 Å². The minimum absolute atomic E-state index is 0.436. The fraction of sp³-hybridized carbons (Fsp3) is 0.333.